The zero-order chi connectivity index (χ0) is 23.4. The molecule has 0 radical (unpaired) electrons. The minimum absolute atomic E-state index is 0.232. The van der Waals surface area contributed by atoms with E-state index < -0.39 is 18.2 Å². The van der Waals surface area contributed by atoms with Gasteiger partial charge in [-0.3, -0.25) is 0 Å². The van der Waals surface area contributed by atoms with E-state index in [1.807, 2.05) is 44.2 Å². The minimum atomic E-state index is -0.912. The lowest BCUT2D eigenvalue weighted by atomic mass is 9.86. The number of aliphatic carboxylic acids is 1. The van der Waals surface area contributed by atoms with E-state index in [2.05, 4.69) is 60.5 Å². The van der Waals surface area contributed by atoms with Gasteiger partial charge in [0.15, 0.2) is 6.10 Å². The number of rotatable bonds is 8. The molecule has 0 spiro atoms. The molecule has 3 atom stereocenters. The molecule has 0 aliphatic carbocycles. The van der Waals surface area contributed by atoms with Crippen LogP contribution in [0.2, 0.25) is 0 Å². The quantitative estimate of drug-likeness (QED) is 0.459. The first-order valence-electron chi connectivity index (χ1n) is 11.7. The zero-order valence-corrected chi connectivity index (χ0v) is 19.6. The van der Waals surface area contributed by atoms with Crippen LogP contribution in [0.4, 0.5) is 5.69 Å². The predicted octanol–water partition coefficient (Wildman–Crippen LogP) is 6.07. The minimum Gasteiger partial charge on any atom is -0.479 e. The summed E-state index contributed by atoms with van der Waals surface area (Å²) >= 11 is 0. The van der Waals surface area contributed by atoms with Crippen molar-refractivity contribution in [3.8, 4) is 0 Å². The van der Waals surface area contributed by atoms with Crippen LogP contribution in [0, 0.1) is 5.92 Å². The van der Waals surface area contributed by atoms with Gasteiger partial charge < -0.3 is 14.7 Å². The number of benzene rings is 3. The molecule has 1 heterocycles. The third kappa shape index (κ3) is 5.45. The van der Waals surface area contributed by atoms with Crippen LogP contribution in [0.25, 0.3) is 0 Å². The second-order valence-electron chi connectivity index (χ2n) is 9.46. The van der Waals surface area contributed by atoms with E-state index in [9.17, 15) is 9.90 Å². The smallest absolute Gasteiger partial charge is 0.332 e. The second kappa shape index (κ2) is 10.2. The summed E-state index contributed by atoms with van der Waals surface area (Å²) in [5, 5.41) is 9.75. The highest BCUT2D eigenvalue weighted by Crippen LogP contribution is 2.35. The summed E-state index contributed by atoms with van der Waals surface area (Å²) in [6.45, 7) is 5.01. The molecule has 0 saturated heterocycles. The molecule has 0 amide bonds. The monoisotopic (exact) mass is 443 g/mol. The van der Waals surface area contributed by atoms with Crippen molar-refractivity contribution in [2.24, 2.45) is 5.92 Å². The highest BCUT2D eigenvalue weighted by molar-refractivity contribution is 5.72. The molecule has 3 aromatic rings. The van der Waals surface area contributed by atoms with Gasteiger partial charge in [-0.2, -0.15) is 0 Å². The van der Waals surface area contributed by atoms with Gasteiger partial charge in [0.25, 0.3) is 0 Å². The molecular formula is C29H33NO3. The topological polar surface area (TPSA) is 49.8 Å². The Morgan fingerprint density at radius 3 is 2.27 bits per heavy atom. The summed E-state index contributed by atoms with van der Waals surface area (Å²) in [6, 6.07) is 27.1. The van der Waals surface area contributed by atoms with Crippen molar-refractivity contribution in [2.75, 3.05) is 18.5 Å². The molecule has 0 fully saturated rings. The number of hydrogen-bond donors (Lipinski definition) is 1. The van der Waals surface area contributed by atoms with Crippen LogP contribution >= 0.6 is 0 Å². The molecule has 3 aromatic carbocycles. The van der Waals surface area contributed by atoms with Crippen LogP contribution in [0.5, 0.6) is 0 Å². The van der Waals surface area contributed by atoms with Crippen molar-refractivity contribution < 1.29 is 14.6 Å². The fourth-order valence-electron chi connectivity index (χ4n) is 4.77. The summed E-state index contributed by atoms with van der Waals surface area (Å²) in [6.07, 6.45) is 0.228. The van der Waals surface area contributed by atoms with E-state index in [1.54, 1.807) is 0 Å². The van der Waals surface area contributed by atoms with Gasteiger partial charge >= 0.3 is 5.97 Å². The molecular weight excluding hydrogens is 410 g/mol. The normalized spacial score (nSPS) is 17.5. The van der Waals surface area contributed by atoms with Gasteiger partial charge in [0.1, 0.15) is 6.10 Å². The van der Waals surface area contributed by atoms with E-state index in [-0.39, 0.29) is 5.92 Å². The molecule has 1 aliphatic rings. The molecule has 0 bridgehead atoms. The Labute approximate surface area is 196 Å². The van der Waals surface area contributed by atoms with Gasteiger partial charge in [0, 0.05) is 25.2 Å². The van der Waals surface area contributed by atoms with Crippen molar-refractivity contribution in [3.63, 3.8) is 0 Å². The van der Waals surface area contributed by atoms with Crippen LogP contribution in [0.1, 0.15) is 54.5 Å². The van der Waals surface area contributed by atoms with Crippen LogP contribution in [-0.4, -0.2) is 30.8 Å². The van der Waals surface area contributed by atoms with Crippen molar-refractivity contribution in [1.29, 1.82) is 0 Å². The molecule has 172 valence electrons. The first-order chi connectivity index (χ1) is 15.9. The van der Waals surface area contributed by atoms with Gasteiger partial charge in [0.05, 0.1) is 0 Å². The zero-order valence-electron chi connectivity index (χ0n) is 19.6. The Hall–Kier alpha value is -3.11. The Balaban J connectivity index is 1.59. The first kappa shape index (κ1) is 23.1. The van der Waals surface area contributed by atoms with E-state index in [0.29, 0.717) is 12.3 Å². The number of nitrogens with zero attached hydrogens (tertiary/aromatic N) is 1. The second-order valence-corrected chi connectivity index (χ2v) is 9.46. The van der Waals surface area contributed by atoms with Crippen molar-refractivity contribution in [2.45, 2.75) is 44.8 Å². The number of carbonyl (C=O) groups is 1. The molecule has 0 saturated carbocycles. The number of carboxylic acids is 1. The standard InChI is InChI=1S/C29H33NO3/c1-20(2)17-27(29(31)32)33-28(22-9-5-4-6-10-22)23-15-13-21(14-16-23)25-18-24-11-7-8-12-26(24)30(3)19-25/h4-16,20,25,27-28H,17-19H2,1-3H3,(H,31,32)/t25-,27-,28?/m0/s1. The van der Waals surface area contributed by atoms with Gasteiger partial charge in [-0.25, -0.2) is 4.79 Å². The van der Waals surface area contributed by atoms with Crippen LogP contribution < -0.4 is 4.90 Å². The molecule has 4 nitrogen and oxygen atoms in total. The Bertz CT molecular complexity index is 1060. The maximum Gasteiger partial charge on any atom is 0.332 e. The van der Waals surface area contributed by atoms with Crippen molar-refractivity contribution in [1.82, 2.24) is 0 Å². The molecule has 4 rings (SSSR count). The summed E-state index contributed by atoms with van der Waals surface area (Å²) in [5.74, 6) is -0.260. The van der Waals surface area contributed by atoms with E-state index in [0.717, 1.165) is 24.1 Å². The number of anilines is 1. The summed E-state index contributed by atoms with van der Waals surface area (Å²) < 4.78 is 6.24. The molecule has 1 unspecified atom stereocenters. The fourth-order valence-corrected chi connectivity index (χ4v) is 4.77. The highest BCUT2D eigenvalue weighted by Gasteiger charge is 2.27. The third-order valence-electron chi connectivity index (χ3n) is 6.44. The highest BCUT2D eigenvalue weighted by atomic mass is 16.5. The number of likely N-dealkylation sites (N-methyl/N-ethyl adjacent to an activating group) is 1. The number of carboxylic acid groups (broad SMARTS) is 1. The van der Waals surface area contributed by atoms with Crippen LogP contribution in [0.15, 0.2) is 78.9 Å². The van der Waals surface area contributed by atoms with E-state index >= 15 is 0 Å². The lowest BCUT2D eigenvalue weighted by Gasteiger charge is -2.34. The van der Waals surface area contributed by atoms with Gasteiger partial charge in [0.2, 0.25) is 0 Å². The Morgan fingerprint density at radius 2 is 1.61 bits per heavy atom. The maximum atomic E-state index is 11.9. The molecule has 33 heavy (non-hydrogen) atoms. The molecule has 1 N–H and O–H groups in total. The van der Waals surface area contributed by atoms with Crippen molar-refractivity contribution in [3.05, 3.63) is 101 Å². The number of fused-ring (bicyclic) bond motifs is 1. The maximum absolute atomic E-state index is 11.9. The summed E-state index contributed by atoms with van der Waals surface area (Å²) in [5.41, 5.74) is 5.93. The predicted molar refractivity (Wildman–Crippen MR) is 133 cm³/mol. The lowest BCUT2D eigenvalue weighted by molar-refractivity contribution is -0.154. The average Bonchev–Trinajstić information content (AvgIpc) is 2.82. The number of hydrogen-bond acceptors (Lipinski definition) is 3. The summed E-state index contributed by atoms with van der Waals surface area (Å²) in [7, 11) is 2.15. The van der Waals surface area contributed by atoms with Gasteiger partial charge in [-0.05, 0) is 47.1 Å². The Kier molecular flexibility index (Phi) is 7.14. The average molecular weight is 444 g/mol. The van der Waals surface area contributed by atoms with Gasteiger partial charge in [-0.1, -0.05) is 86.6 Å². The van der Waals surface area contributed by atoms with E-state index in [1.165, 1.54) is 16.8 Å². The first-order valence-corrected chi connectivity index (χ1v) is 11.7. The molecule has 1 aliphatic heterocycles. The van der Waals surface area contributed by atoms with Crippen molar-refractivity contribution >= 4 is 11.7 Å². The number of ether oxygens (including phenoxy) is 1. The largest absolute Gasteiger partial charge is 0.479 e. The van der Waals surface area contributed by atoms with Crippen LogP contribution in [-0.2, 0) is 16.0 Å². The Morgan fingerprint density at radius 1 is 0.970 bits per heavy atom. The summed E-state index contributed by atoms with van der Waals surface area (Å²) in [4.78, 5) is 14.2. The lowest BCUT2D eigenvalue weighted by Crippen LogP contribution is -2.31. The third-order valence-corrected chi connectivity index (χ3v) is 6.44. The SMILES string of the molecule is CC(C)C[C@H](OC(c1ccccc1)c1ccc([C@H]2Cc3ccccc3N(C)C2)cc1)C(=O)O. The fraction of sp³-hybridized carbons (Fsp3) is 0.345. The van der Waals surface area contributed by atoms with Crippen LogP contribution in [0.3, 0.4) is 0 Å². The van der Waals surface area contributed by atoms with E-state index in [4.69, 9.17) is 4.74 Å². The molecule has 0 aromatic heterocycles. The number of para-hydroxylation sites is 1. The molecule has 4 heteroatoms. The van der Waals surface area contributed by atoms with Gasteiger partial charge in [-0.15, -0.1) is 0 Å².